The topological polar surface area (TPSA) is 68.3 Å². The van der Waals surface area contributed by atoms with Crippen LogP contribution in [0.1, 0.15) is 16.1 Å². The van der Waals surface area contributed by atoms with E-state index in [1.165, 1.54) is 18.0 Å². The fraction of sp³-hybridized carbons (Fsp3) is 0.0833. The number of rotatable bonds is 4. The highest BCUT2D eigenvalue weighted by Crippen LogP contribution is 2.32. The van der Waals surface area contributed by atoms with Gasteiger partial charge >= 0.3 is 5.91 Å². The molecule has 0 bridgehead atoms. The fourth-order valence-corrected chi connectivity index (χ4v) is 2.93. The molecule has 19 heavy (non-hydrogen) atoms. The lowest BCUT2D eigenvalue weighted by Gasteiger charge is -2.05. The van der Waals surface area contributed by atoms with Crippen molar-refractivity contribution < 1.29 is 9.21 Å². The van der Waals surface area contributed by atoms with Crippen molar-refractivity contribution in [2.45, 2.75) is 10.6 Å². The molecule has 0 spiro atoms. The Morgan fingerprint density at radius 2 is 2.16 bits per heavy atom. The van der Waals surface area contributed by atoms with E-state index in [0.717, 1.165) is 10.5 Å². The summed E-state index contributed by atoms with van der Waals surface area (Å²) in [7, 11) is 0. The van der Waals surface area contributed by atoms with Gasteiger partial charge in [0.2, 0.25) is 0 Å². The molecule has 2 aromatic rings. The Bertz CT molecular complexity index is 601. The molecule has 0 fully saturated rings. The smallest absolute Gasteiger partial charge is 0.301 e. The number of benzene rings is 1. The normalized spacial score (nSPS) is 10.5. The predicted molar refractivity (Wildman–Crippen MR) is 76.4 cm³/mol. The second kappa shape index (κ2) is 6.34. The fourth-order valence-electron chi connectivity index (χ4n) is 1.46. The lowest BCUT2D eigenvalue weighted by Crippen LogP contribution is -2.30. The molecular weight excluding hydrogens is 307 g/mol. The van der Waals surface area contributed by atoms with Gasteiger partial charge in [0.25, 0.3) is 0 Å². The number of hydrogen-bond acceptors (Lipinski definition) is 4. The van der Waals surface area contributed by atoms with Gasteiger partial charge < -0.3 is 4.42 Å². The molecule has 0 aliphatic heterocycles. The summed E-state index contributed by atoms with van der Waals surface area (Å²) in [6.45, 7) is 0. The predicted octanol–water partition coefficient (Wildman–Crippen LogP) is 3.48. The van der Waals surface area contributed by atoms with E-state index < -0.39 is 5.91 Å². The van der Waals surface area contributed by atoms with Crippen molar-refractivity contribution in [3.05, 3.63) is 51.9 Å². The molecule has 7 heteroatoms. The summed E-state index contributed by atoms with van der Waals surface area (Å²) in [4.78, 5) is 12.3. The third-order valence-electron chi connectivity index (χ3n) is 2.36. The average molecular weight is 317 g/mol. The molecular formula is C12H10Cl2N2O2S. The molecule has 1 amide bonds. The Morgan fingerprint density at radius 3 is 2.89 bits per heavy atom. The van der Waals surface area contributed by atoms with Crippen LogP contribution in [0, 0.1) is 0 Å². The minimum absolute atomic E-state index is 0.202. The summed E-state index contributed by atoms with van der Waals surface area (Å²) >= 11 is 13.4. The quantitative estimate of drug-likeness (QED) is 0.392. The molecule has 0 saturated heterocycles. The van der Waals surface area contributed by atoms with Crippen molar-refractivity contribution in [2.75, 3.05) is 0 Å². The molecule has 0 atom stereocenters. The van der Waals surface area contributed by atoms with Gasteiger partial charge in [0.15, 0.2) is 5.76 Å². The summed E-state index contributed by atoms with van der Waals surface area (Å²) in [6, 6.07) is 6.95. The van der Waals surface area contributed by atoms with E-state index in [0.29, 0.717) is 15.8 Å². The molecule has 100 valence electrons. The van der Waals surface area contributed by atoms with Gasteiger partial charge in [-0.2, -0.15) is 0 Å². The first kappa shape index (κ1) is 14.3. The lowest BCUT2D eigenvalue weighted by atomic mass is 10.3. The van der Waals surface area contributed by atoms with Crippen LogP contribution in [-0.4, -0.2) is 5.91 Å². The number of nitrogens with one attached hydrogen (secondary N) is 1. The van der Waals surface area contributed by atoms with Crippen molar-refractivity contribution >= 4 is 40.9 Å². The number of nitrogens with two attached hydrogens (primary N) is 1. The van der Waals surface area contributed by atoms with Gasteiger partial charge in [0.1, 0.15) is 0 Å². The Morgan fingerprint density at radius 1 is 1.37 bits per heavy atom. The second-order valence-electron chi connectivity index (χ2n) is 3.61. The van der Waals surface area contributed by atoms with E-state index in [4.69, 9.17) is 33.5 Å². The first-order valence-corrected chi connectivity index (χ1v) is 7.01. The number of hydrogen-bond donors (Lipinski definition) is 2. The van der Waals surface area contributed by atoms with Crippen molar-refractivity contribution in [3.8, 4) is 0 Å². The summed E-state index contributed by atoms with van der Waals surface area (Å²) in [5, 5.41) is 1.22. The number of furan rings is 1. The zero-order valence-corrected chi connectivity index (χ0v) is 12.0. The summed E-state index contributed by atoms with van der Waals surface area (Å²) in [6.07, 6.45) is 1.44. The molecule has 0 unspecified atom stereocenters. The van der Waals surface area contributed by atoms with Gasteiger partial charge in [-0.25, -0.2) is 5.84 Å². The van der Waals surface area contributed by atoms with Gasteiger partial charge in [0.05, 0.1) is 11.3 Å². The SMILES string of the molecule is NNC(=O)c1occc1CSc1cc(Cl)ccc1Cl. The molecule has 4 nitrogen and oxygen atoms in total. The first-order chi connectivity index (χ1) is 9.11. The minimum atomic E-state index is -0.460. The molecule has 3 N–H and O–H groups in total. The first-order valence-electron chi connectivity index (χ1n) is 5.27. The van der Waals surface area contributed by atoms with Crippen molar-refractivity contribution in [1.29, 1.82) is 0 Å². The largest absolute Gasteiger partial charge is 0.459 e. The highest BCUT2D eigenvalue weighted by molar-refractivity contribution is 7.98. The maximum atomic E-state index is 11.4. The molecule has 1 aromatic heterocycles. The van der Waals surface area contributed by atoms with Crippen LogP contribution < -0.4 is 11.3 Å². The minimum Gasteiger partial charge on any atom is -0.459 e. The maximum Gasteiger partial charge on any atom is 0.301 e. The maximum absolute atomic E-state index is 11.4. The third kappa shape index (κ3) is 3.45. The Kier molecular flexibility index (Phi) is 4.76. The zero-order chi connectivity index (χ0) is 13.8. The Labute approximate surface area is 124 Å². The molecule has 0 saturated carbocycles. The van der Waals surface area contributed by atoms with E-state index in [9.17, 15) is 4.79 Å². The van der Waals surface area contributed by atoms with Crippen LogP contribution in [-0.2, 0) is 5.75 Å². The van der Waals surface area contributed by atoms with Crippen LogP contribution in [0.5, 0.6) is 0 Å². The van der Waals surface area contributed by atoms with E-state index in [-0.39, 0.29) is 5.76 Å². The van der Waals surface area contributed by atoms with Gasteiger partial charge in [-0.1, -0.05) is 23.2 Å². The molecule has 0 aliphatic carbocycles. The molecule has 0 radical (unpaired) electrons. The van der Waals surface area contributed by atoms with Crippen molar-refractivity contribution in [3.63, 3.8) is 0 Å². The number of amides is 1. The van der Waals surface area contributed by atoms with Crippen LogP contribution in [0.2, 0.25) is 10.0 Å². The molecule has 2 rings (SSSR count). The number of carbonyl (C=O) groups excluding carboxylic acids is 1. The summed E-state index contributed by atoms with van der Waals surface area (Å²) < 4.78 is 5.10. The number of nitrogen functional groups attached to an aromatic ring is 1. The van der Waals surface area contributed by atoms with E-state index in [1.54, 1.807) is 24.3 Å². The van der Waals surface area contributed by atoms with Gasteiger partial charge in [-0.3, -0.25) is 10.2 Å². The zero-order valence-electron chi connectivity index (χ0n) is 9.65. The molecule has 1 heterocycles. The second-order valence-corrected chi connectivity index (χ2v) is 5.47. The molecule has 0 aliphatic rings. The number of carbonyl (C=O) groups is 1. The summed E-state index contributed by atoms with van der Waals surface area (Å²) in [5.74, 6) is 5.35. The van der Waals surface area contributed by atoms with E-state index >= 15 is 0 Å². The van der Waals surface area contributed by atoms with Crippen LogP contribution in [0.3, 0.4) is 0 Å². The van der Waals surface area contributed by atoms with E-state index in [2.05, 4.69) is 0 Å². The Hall–Kier alpha value is -1.14. The van der Waals surface area contributed by atoms with Gasteiger partial charge in [-0.05, 0) is 24.3 Å². The highest BCUT2D eigenvalue weighted by atomic mass is 35.5. The van der Waals surface area contributed by atoms with Gasteiger partial charge in [-0.15, -0.1) is 11.8 Å². The van der Waals surface area contributed by atoms with Crippen LogP contribution in [0.15, 0.2) is 39.8 Å². The van der Waals surface area contributed by atoms with Crippen molar-refractivity contribution in [1.82, 2.24) is 5.43 Å². The van der Waals surface area contributed by atoms with Gasteiger partial charge in [0, 0.05) is 21.2 Å². The number of halogens is 2. The number of thioether (sulfide) groups is 1. The highest BCUT2D eigenvalue weighted by Gasteiger charge is 2.14. The lowest BCUT2D eigenvalue weighted by molar-refractivity contribution is 0.0925. The van der Waals surface area contributed by atoms with Crippen molar-refractivity contribution in [2.24, 2.45) is 5.84 Å². The Balaban J connectivity index is 2.13. The average Bonchev–Trinajstić information content (AvgIpc) is 2.87. The standard InChI is InChI=1S/C12H10Cl2N2O2S/c13-8-1-2-9(14)10(5-8)19-6-7-3-4-18-11(7)12(17)16-15/h1-5H,6,15H2,(H,16,17). The third-order valence-corrected chi connectivity index (χ3v) is 4.14. The van der Waals surface area contributed by atoms with E-state index in [1.807, 2.05) is 5.43 Å². The molecule has 1 aromatic carbocycles. The van der Waals surface area contributed by atoms with Crippen LogP contribution in [0.4, 0.5) is 0 Å². The summed E-state index contributed by atoms with van der Waals surface area (Å²) in [5.41, 5.74) is 2.78. The monoisotopic (exact) mass is 316 g/mol. The van der Waals surface area contributed by atoms with Crippen LogP contribution >= 0.6 is 35.0 Å². The van der Waals surface area contributed by atoms with Crippen LogP contribution in [0.25, 0.3) is 0 Å². The number of hydrazine groups is 1.